The number of amides is 1. The number of rotatable bonds is 7. The first-order valence-electron chi connectivity index (χ1n) is 10.7. The van der Waals surface area contributed by atoms with Crippen LogP contribution < -0.4 is 10.1 Å². The van der Waals surface area contributed by atoms with Gasteiger partial charge in [0.25, 0.3) is 5.91 Å². The number of benzene rings is 1. The van der Waals surface area contributed by atoms with Crippen LogP contribution in [0.2, 0.25) is 0 Å². The number of anilines is 1. The molecule has 1 fully saturated rings. The molecule has 7 nitrogen and oxygen atoms in total. The molecule has 1 aliphatic heterocycles. The molecular formula is C22H24F3N5O2S2. The van der Waals surface area contributed by atoms with Crippen molar-refractivity contribution < 1.29 is 22.7 Å². The predicted molar refractivity (Wildman–Crippen MR) is 127 cm³/mol. The third kappa shape index (κ3) is 6.53. The van der Waals surface area contributed by atoms with Crippen LogP contribution in [0.15, 0.2) is 35.7 Å². The minimum absolute atomic E-state index is 0.309. The SMILES string of the molecule is CC(Cc1nsc(NC(=O)c2csc(-c3cccc(OC(F)(F)F)c3)c2)n1)N1CCN(C)CC1. The highest BCUT2D eigenvalue weighted by atomic mass is 32.1. The maximum Gasteiger partial charge on any atom is 0.573 e. The number of hydrogen-bond donors (Lipinski definition) is 1. The zero-order valence-corrected chi connectivity index (χ0v) is 20.3. The molecule has 1 N–H and O–H groups in total. The number of piperazine rings is 1. The summed E-state index contributed by atoms with van der Waals surface area (Å²) in [6, 6.07) is 7.60. The first-order chi connectivity index (χ1) is 16.2. The molecule has 1 unspecified atom stereocenters. The molecule has 1 saturated heterocycles. The summed E-state index contributed by atoms with van der Waals surface area (Å²) in [6.45, 7) is 6.26. The second kappa shape index (κ2) is 10.4. The van der Waals surface area contributed by atoms with E-state index in [2.05, 4.69) is 43.2 Å². The molecule has 2 aromatic heterocycles. The Balaban J connectivity index is 1.35. The van der Waals surface area contributed by atoms with Crippen LogP contribution >= 0.6 is 22.9 Å². The number of hydrogen-bond acceptors (Lipinski definition) is 8. The smallest absolute Gasteiger partial charge is 0.406 e. The quantitative estimate of drug-likeness (QED) is 0.500. The lowest BCUT2D eigenvalue weighted by molar-refractivity contribution is -0.274. The third-order valence-electron chi connectivity index (χ3n) is 5.54. The molecule has 0 aliphatic carbocycles. The van der Waals surface area contributed by atoms with Crippen molar-refractivity contribution in [2.75, 3.05) is 38.5 Å². The van der Waals surface area contributed by atoms with Gasteiger partial charge in [0.1, 0.15) is 11.6 Å². The highest BCUT2D eigenvalue weighted by Crippen LogP contribution is 2.32. The second-order valence-corrected chi connectivity index (χ2v) is 9.80. The molecule has 1 amide bonds. The zero-order valence-electron chi connectivity index (χ0n) is 18.6. The van der Waals surface area contributed by atoms with Crippen LogP contribution in [-0.4, -0.2) is 70.7 Å². The minimum Gasteiger partial charge on any atom is -0.406 e. The van der Waals surface area contributed by atoms with Gasteiger partial charge in [-0.05, 0) is 37.7 Å². The van der Waals surface area contributed by atoms with Gasteiger partial charge in [-0.15, -0.1) is 24.5 Å². The molecule has 1 atom stereocenters. The van der Waals surface area contributed by atoms with Crippen molar-refractivity contribution in [1.29, 1.82) is 0 Å². The van der Waals surface area contributed by atoms with Crippen molar-refractivity contribution in [2.24, 2.45) is 0 Å². The number of nitrogens with one attached hydrogen (secondary N) is 1. The van der Waals surface area contributed by atoms with E-state index in [1.54, 1.807) is 17.5 Å². The molecule has 3 aromatic rings. The van der Waals surface area contributed by atoms with E-state index in [1.807, 2.05) is 0 Å². The summed E-state index contributed by atoms with van der Waals surface area (Å²) < 4.78 is 45.8. The zero-order chi connectivity index (χ0) is 24.3. The molecule has 34 heavy (non-hydrogen) atoms. The molecular weight excluding hydrogens is 487 g/mol. The van der Waals surface area contributed by atoms with Crippen LogP contribution in [0.1, 0.15) is 23.1 Å². The Hall–Kier alpha value is -2.54. The monoisotopic (exact) mass is 511 g/mol. The molecule has 0 spiro atoms. The fourth-order valence-corrected chi connectivity index (χ4v) is 5.14. The van der Waals surface area contributed by atoms with Gasteiger partial charge in [0.15, 0.2) is 0 Å². The predicted octanol–water partition coefficient (Wildman–Crippen LogP) is 4.60. The van der Waals surface area contributed by atoms with Crippen LogP contribution in [0.4, 0.5) is 18.3 Å². The Labute approximate surface area is 203 Å². The van der Waals surface area contributed by atoms with E-state index >= 15 is 0 Å². The van der Waals surface area contributed by atoms with Gasteiger partial charge >= 0.3 is 6.36 Å². The van der Waals surface area contributed by atoms with Gasteiger partial charge in [0.2, 0.25) is 5.13 Å². The summed E-state index contributed by atoms with van der Waals surface area (Å²) in [5.74, 6) is 0.0378. The lowest BCUT2D eigenvalue weighted by atomic mass is 10.1. The standard InChI is InChI=1S/C22H24F3N5O2S2/c1-14(30-8-6-29(2)7-9-30)10-19-26-21(34-28-19)27-20(31)16-12-18(33-13-16)15-4-3-5-17(11-15)32-22(23,24)25/h3-5,11-14H,6-10H2,1-2H3,(H,26,27,28,31). The fourth-order valence-electron chi connectivity index (χ4n) is 3.67. The summed E-state index contributed by atoms with van der Waals surface area (Å²) in [6.07, 6.45) is -4.06. The second-order valence-electron chi connectivity index (χ2n) is 8.14. The highest BCUT2D eigenvalue weighted by molar-refractivity contribution is 7.14. The maximum atomic E-state index is 12.7. The largest absolute Gasteiger partial charge is 0.573 e. The van der Waals surface area contributed by atoms with Crippen molar-refractivity contribution in [3.05, 3.63) is 47.1 Å². The number of aromatic nitrogens is 2. The fraction of sp³-hybridized carbons (Fsp3) is 0.409. The van der Waals surface area contributed by atoms with E-state index in [0.29, 0.717) is 39.4 Å². The average molecular weight is 512 g/mol. The molecule has 1 aromatic carbocycles. The summed E-state index contributed by atoms with van der Waals surface area (Å²) in [5, 5.41) is 4.83. The number of ether oxygens (including phenoxy) is 1. The van der Waals surface area contributed by atoms with E-state index < -0.39 is 6.36 Å². The molecule has 3 heterocycles. The van der Waals surface area contributed by atoms with Gasteiger partial charge in [0, 0.05) is 60.4 Å². The number of carbonyl (C=O) groups excluding carboxylic acids is 1. The average Bonchev–Trinajstić information content (AvgIpc) is 3.43. The Kier molecular flexibility index (Phi) is 7.51. The number of thiophene rings is 1. The van der Waals surface area contributed by atoms with Crippen molar-refractivity contribution in [1.82, 2.24) is 19.2 Å². The highest BCUT2D eigenvalue weighted by Gasteiger charge is 2.31. The van der Waals surface area contributed by atoms with Crippen molar-refractivity contribution in [3.63, 3.8) is 0 Å². The number of halogens is 3. The van der Waals surface area contributed by atoms with Gasteiger partial charge in [-0.3, -0.25) is 15.0 Å². The summed E-state index contributed by atoms with van der Waals surface area (Å²) in [7, 11) is 2.12. The summed E-state index contributed by atoms with van der Waals surface area (Å²) in [5.41, 5.74) is 0.923. The number of alkyl halides is 3. The van der Waals surface area contributed by atoms with Gasteiger partial charge < -0.3 is 9.64 Å². The first kappa shape index (κ1) is 24.6. The minimum atomic E-state index is -4.76. The molecule has 12 heteroatoms. The number of likely N-dealkylation sites (N-methyl/N-ethyl adjacent to an activating group) is 1. The van der Waals surface area contributed by atoms with Crippen molar-refractivity contribution in [2.45, 2.75) is 25.7 Å². The van der Waals surface area contributed by atoms with E-state index in [-0.39, 0.29) is 11.7 Å². The van der Waals surface area contributed by atoms with Crippen LogP contribution in [-0.2, 0) is 6.42 Å². The summed E-state index contributed by atoms with van der Waals surface area (Å²) >= 11 is 2.39. The molecule has 0 radical (unpaired) electrons. The van der Waals surface area contributed by atoms with Gasteiger partial charge in [0.05, 0.1) is 5.56 Å². The number of nitrogens with zero attached hydrogens (tertiary/aromatic N) is 4. The molecule has 182 valence electrons. The summed E-state index contributed by atoms with van der Waals surface area (Å²) in [4.78, 5) is 22.5. The van der Waals surface area contributed by atoms with Crippen LogP contribution in [0.5, 0.6) is 5.75 Å². The molecule has 0 bridgehead atoms. The van der Waals surface area contributed by atoms with E-state index in [9.17, 15) is 18.0 Å². The van der Waals surface area contributed by atoms with E-state index in [0.717, 1.165) is 37.7 Å². The normalized spacial score (nSPS) is 16.4. The lowest BCUT2D eigenvalue weighted by Crippen LogP contribution is -2.48. The van der Waals surface area contributed by atoms with E-state index in [4.69, 9.17) is 0 Å². The van der Waals surface area contributed by atoms with Crippen LogP contribution in [0.3, 0.4) is 0 Å². The molecule has 1 aliphatic rings. The van der Waals surface area contributed by atoms with Crippen LogP contribution in [0.25, 0.3) is 10.4 Å². The first-order valence-corrected chi connectivity index (χ1v) is 12.3. The van der Waals surface area contributed by atoms with E-state index in [1.165, 1.54) is 29.5 Å². The molecule has 4 rings (SSSR count). The van der Waals surface area contributed by atoms with Gasteiger partial charge in [-0.1, -0.05) is 12.1 Å². The lowest BCUT2D eigenvalue weighted by Gasteiger charge is -2.36. The Morgan fingerprint density at radius 3 is 2.74 bits per heavy atom. The van der Waals surface area contributed by atoms with Gasteiger partial charge in [-0.25, -0.2) is 4.98 Å². The topological polar surface area (TPSA) is 70.6 Å². The Morgan fingerprint density at radius 1 is 1.24 bits per heavy atom. The molecule has 0 saturated carbocycles. The van der Waals surface area contributed by atoms with Crippen LogP contribution in [0, 0.1) is 0 Å². The number of carbonyl (C=O) groups is 1. The van der Waals surface area contributed by atoms with Crippen molar-refractivity contribution >= 4 is 33.9 Å². The third-order valence-corrected chi connectivity index (χ3v) is 7.19. The van der Waals surface area contributed by atoms with Crippen molar-refractivity contribution in [3.8, 4) is 16.2 Å². The maximum absolute atomic E-state index is 12.7. The Morgan fingerprint density at radius 2 is 2.00 bits per heavy atom. The van der Waals surface area contributed by atoms with Gasteiger partial charge in [-0.2, -0.15) is 4.37 Å². The Bertz CT molecular complexity index is 1130.